The van der Waals surface area contributed by atoms with Crippen LogP contribution in [0.4, 0.5) is 10.1 Å². The molecule has 0 amide bonds. The largest absolute Gasteiger partial charge is 0.370 e. The first kappa shape index (κ1) is 9.96. The van der Waals surface area contributed by atoms with Crippen LogP contribution in [0.2, 0.25) is 0 Å². The predicted octanol–water partition coefficient (Wildman–Crippen LogP) is 2.02. The molecule has 3 N–H and O–H groups in total. The third kappa shape index (κ3) is 2.46. The number of nitrogens with zero attached hydrogens (tertiary/aromatic N) is 1. The second kappa shape index (κ2) is 3.88. The molecule has 1 aliphatic rings. The summed E-state index contributed by atoms with van der Waals surface area (Å²) in [6, 6.07) is 5.24. The van der Waals surface area contributed by atoms with E-state index < -0.39 is 0 Å². The van der Waals surface area contributed by atoms with Gasteiger partial charge < -0.3 is 11.1 Å². The summed E-state index contributed by atoms with van der Waals surface area (Å²) < 4.78 is 13.4. The molecule has 1 aromatic carbocycles. The molecule has 1 saturated carbocycles. The summed E-state index contributed by atoms with van der Waals surface area (Å²) in [6.45, 7) is 1.83. The van der Waals surface area contributed by atoms with Gasteiger partial charge in [-0.1, -0.05) is 12.1 Å². The number of rotatable bonds is 2. The Morgan fingerprint density at radius 1 is 1.53 bits per heavy atom. The van der Waals surface area contributed by atoms with Gasteiger partial charge in [0.1, 0.15) is 5.82 Å². The molecule has 0 spiro atoms. The van der Waals surface area contributed by atoms with Gasteiger partial charge in [-0.2, -0.15) is 0 Å². The van der Waals surface area contributed by atoms with Gasteiger partial charge in [0.15, 0.2) is 5.96 Å². The van der Waals surface area contributed by atoms with Gasteiger partial charge in [-0.15, -0.1) is 0 Å². The summed E-state index contributed by atoms with van der Waals surface area (Å²) in [5, 5.41) is 2.80. The number of aliphatic imine (C=N–C) groups is 1. The van der Waals surface area contributed by atoms with Gasteiger partial charge in [-0.05, 0) is 31.4 Å². The molecule has 80 valence electrons. The van der Waals surface area contributed by atoms with Crippen LogP contribution >= 0.6 is 0 Å². The smallest absolute Gasteiger partial charge is 0.193 e. The number of para-hydroxylation sites is 1. The van der Waals surface area contributed by atoms with E-state index in [-0.39, 0.29) is 5.82 Å². The first-order valence-corrected chi connectivity index (χ1v) is 5.02. The Hall–Kier alpha value is -1.58. The Morgan fingerprint density at radius 2 is 2.27 bits per heavy atom. The van der Waals surface area contributed by atoms with Crippen molar-refractivity contribution in [3.05, 3.63) is 29.6 Å². The van der Waals surface area contributed by atoms with Crippen LogP contribution in [0.5, 0.6) is 0 Å². The van der Waals surface area contributed by atoms with Crippen molar-refractivity contribution in [3.8, 4) is 0 Å². The van der Waals surface area contributed by atoms with Gasteiger partial charge in [0.2, 0.25) is 0 Å². The third-order valence-corrected chi connectivity index (χ3v) is 2.34. The number of benzene rings is 1. The molecule has 0 radical (unpaired) electrons. The molecule has 0 aromatic heterocycles. The minimum absolute atomic E-state index is 0.297. The van der Waals surface area contributed by atoms with Crippen LogP contribution in [0.1, 0.15) is 18.4 Å². The standard InChI is InChI=1S/C11H14FN3/c1-7-3-2-4-9(12)10(7)15-11(13)14-8-5-6-8/h2-4,8H,5-6H2,1H3,(H3,13,14,15). The van der Waals surface area contributed by atoms with Crippen molar-refractivity contribution >= 4 is 11.6 Å². The number of hydrogen-bond acceptors (Lipinski definition) is 1. The molecule has 0 unspecified atom stereocenters. The summed E-state index contributed by atoms with van der Waals surface area (Å²) in [4.78, 5) is 4.18. The van der Waals surface area contributed by atoms with Gasteiger partial charge in [0.05, 0.1) is 11.7 Å². The van der Waals surface area contributed by atoms with Crippen molar-refractivity contribution in [3.63, 3.8) is 0 Å². The number of guanidine groups is 1. The zero-order valence-corrected chi connectivity index (χ0v) is 8.63. The maximum absolute atomic E-state index is 13.4. The highest BCUT2D eigenvalue weighted by atomic mass is 19.1. The minimum Gasteiger partial charge on any atom is -0.370 e. The second-order valence-electron chi connectivity index (χ2n) is 3.80. The highest BCUT2D eigenvalue weighted by Crippen LogP contribution is 2.24. The number of anilines is 1. The van der Waals surface area contributed by atoms with E-state index >= 15 is 0 Å². The van der Waals surface area contributed by atoms with Crippen LogP contribution in [0.3, 0.4) is 0 Å². The van der Waals surface area contributed by atoms with Crippen LogP contribution < -0.4 is 11.1 Å². The summed E-state index contributed by atoms with van der Waals surface area (Å²) in [5.41, 5.74) is 6.90. The Morgan fingerprint density at radius 3 is 2.87 bits per heavy atom. The van der Waals surface area contributed by atoms with Crippen LogP contribution in [0.15, 0.2) is 23.2 Å². The Balaban J connectivity index is 2.15. The molecular weight excluding hydrogens is 193 g/mol. The molecule has 3 nitrogen and oxygen atoms in total. The van der Waals surface area contributed by atoms with E-state index in [0.29, 0.717) is 17.7 Å². The average Bonchev–Trinajstić information content (AvgIpc) is 2.95. The van der Waals surface area contributed by atoms with Gasteiger partial charge in [0.25, 0.3) is 0 Å². The summed E-state index contributed by atoms with van der Waals surface area (Å²) in [7, 11) is 0. The maximum atomic E-state index is 13.4. The van der Waals surface area contributed by atoms with Crippen molar-refractivity contribution in [2.24, 2.45) is 10.7 Å². The third-order valence-electron chi connectivity index (χ3n) is 2.34. The zero-order valence-electron chi connectivity index (χ0n) is 8.63. The molecule has 1 aromatic rings. The quantitative estimate of drug-likeness (QED) is 0.576. The predicted molar refractivity (Wildman–Crippen MR) is 59.4 cm³/mol. The van der Waals surface area contributed by atoms with E-state index in [2.05, 4.69) is 10.3 Å². The molecule has 2 rings (SSSR count). The van der Waals surface area contributed by atoms with E-state index in [4.69, 9.17) is 5.73 Å². The molecule has 0 heterocycles. The fourth-order valence-corrected chi connectivity index (χ4v) is 1.35. The van der Waals surface area contributed by atoms with Crippen molar-refractivity contribution in [1.82, 2.24) is 0 Å². The molecule has 0 aliphatic heterocycles. The molecule has 1 fully saturated rings. The summed E-state index contributed by atoms with van der Waals surface area (Å²) in [6.07, 6.45) is 2.16. The lowest BCUT2D eigenvalue weighted by molar-refractivity contribution is 0.631. The highest BCUT2D eigenvalue weighted by molar-refractivity contribution is 5.93. The average molecular weight is 207 g/mol. The van der Waals surface area contributed by atoms with Crippen molar-refractivity contribution in [1.29, 1.82) is 0 Å². The van der Waals surface area contributed by atoms with E-state index in [1.165, 1.54) is 6.07 Å². The number of nitrogens with one attached hydrogen (secondary N) is 1. The lowest BCUT2D eigenvalue weighted by Crippen LogP contribution is -2.24. The van der Waals surface area contributed by atoms with E-state index in [1.807, 2.05) is 13.0 Å². The van der Waals surface area contributed by atoms with Gasteiger partial charge >= 0.3 is 0 Å². The van der Waals surface area contributed by atoms with E-state index in [0.717, 1.165) is 18.4 Å². The molecule has 0 bridgehead atoms. The van der Waals surface area contributed by atoms with Crippen molar-refractivity contribution in [2.45, 2.75) is 25.8 Å². The fraction of sp³-hybridized carbons (Fsp3) is 0.364. The Bertz CT molecular complexity index is 377. The monoisotopic (exact) mass is 207 g/mol. The number of halogens is 1. The number of hydrogen-bond donors (Lipinski definition) is 2. The highest BCUT2D eigenvalue weighted by Gasteiger charge is 2.20. The fourth-order valence-electron chi connectivity index (χ4n) is 1.35. The van der Waals surface area contributed by atoms with Crippen molar-refractivity contribution in [2.75, 3.05) is 5.32 Å². The molecule has 4 heteroatoms. The lowest BCUT2D eigenvalue weighted by Gasteiger charge is -2.09. The Labute approximate surface area is 88.2 Å². The van der Waals surface area contributed by atoms with Gasteiger partial charge in [-0.25, -0.2) is 9.38 Å². The van der Waals surface area contributed by atoms with Crippen LogP contribution in [-0.4, -0.2) is 12.0 Å². The normalized spacial score (nSPS) is 16.5. The molecule has 15 heavy (non-hydrogen) atoms. The summed E-state index contributed by atoms with van der Waals surface area (Å²) in [5.74, 6) is -0.00496. The first-order chi connectivity index (χ1) is 7.16. The van der Waals surface area contributed by atoms with E-state index in [1.54, 1.807) is 6.07 Å². The number of nitrogens with two attached hydrogens (primary N) is 1. The molecular formula is C11H14FN3. The van der Waals surface area contributed by atoms with Crippen molar-refractivity contribution < 1.29 is 4.39 Å². The van der Waals surface area contributed by atoms with Gasteiger partial charge in [-0.3, -0.25) is 0 Å². The van der Waals surface area contributed by atoms with Gasteiger partial charge in [0, 0.05) is 0 Å². The zero-order chi connectivity index (χ0) is 10.8. The summed E-state index contributed by atoms with van der Waals surface area (Å²) >= 11 is 0. The minimum atomic E-state index is -0.302. The first-order valence-electron chi connectivity index (χ1n) is 5.02. The Kier molecular flexibility index (Phi) is 2.58. The maximum Gasteiger partial charge on any atom is 0.193 e. The van der Waals surface area contributed by atoms with Crippen LogP contribution in [-0.2, 0) is 0 Å². The van der Waals surface area contributed by atoms with E-state index in [9.17, 15) is 4.39 Å². The molecule has 0 saturated heterocycles. The van der Waals surface area contributed by atoms with Crippen LogP contribution in [0, 0.1) is 12.7 Å². The topological polar surface area (TPSA) is 50.4 Å². The molecule has 0 atom stereocenters. The second-order valence-corrected chi connectivity index (χ2v) is 3.80. The number of aryl methyl sites for hydroxylation is 1. The van der Waals surface area contributed by atoms with Crippen LogP contribution in [0.25, 0.3) is 0 Å². The SMILES string of the molecule is Cc1cccc(F)c1NC(N)=NC1CC1. The molecule has 1 aliphatic carbocycles. The lowest BCUT2D eigenvalue weighted by atomic mass is 10.2.